The van der Waals surface area contributed by atoms with Gasteiger partial charge < -0.3 is 29.6 Å². The fraction of sp³-hybridized carbons (Fsp3) is 0.905. The highest BCUT2D eigenvalue weighted by Crippen LogP contribution is 2.27. The van der Waals surface area contributed by atoms with Crippen LogP contribution in [-0.2, 0) is 28.5 Å². The van der Waals surface area contributed by atoms with Crippen LogP contribution in [0.15, 0.2) is 0 Å². The lowest BCUT2D eigenvalue weighted by atomic mass is 9.86. The average Bonchev–Trinajstić information content (AvgIpc) is 2.65. The van der Waals surface area contributed by atoms with Gasteiger partial charge >= 0.3 is 5.97 Å². The van der Waals surface area contributed by atoms with Crippen LogP contribution in [0.3, 0.4) is 0 Å². The molecule has 0 bridgehead atoms. The normalized spacial score (nSPS) is 19.7. The zero-order valence-electron chi connectivity index (χ0n) is 18.6. The first-order chi connectivity index (χ1) is 13.8. The van der Waals surface area contributed by atoms with Gasteiger partial charge in [-0.25, -0.2) is 0 Å². The lowest BCUT2D eigenvalue weighted by Gasteiger charge is -2.30. The number of carbonyl (C=O) groups is 2. The number of hydrogen-bond acceptors (Lipinski definition) is 7. The Balaban J connectivity index is 1.99. The second-order valence-electron chi connectivity index (χ2n) is 8.34. The molecule has 1 aliphatic rings. The van der Waals surface area contributed by atoms with E-state index in [1.165, 1.54) is 0 Å². The Hall–Kier alpha value is -1.22. The fourth-order valence-corrected chi connectivity index (χ4v) is 3.04. The summed E-state index contributed by atoms with van der Waals surface area (Å²) in [7, 11) is 1.88. The maximum absolute atomic E-state index is 12.1. The first-order valence-corrected chi connectivity index (χ1v) is 10.7. The molecule has 1 amide bonds. The van der Waals surface area contributed by atoms with E-state index in [9.17, 15) is 9.59 Å². The highest BCUT2D eigenvalue weighted by molar-refractivity contribution is 5.76. The van der Waals surface area contributed by atoms with Crippen molar-refractivity contribution in [2.45, 2.75) is 64.5 Å². The number of hydrogen-bond donors (Lipinski definition) is 2. The van der Waals surface area contributed by atoms with Crippen LogP contribution in [0.2, 0.25) is 0 Å². The van der Waals surface area contributed by atoms with Crippen LogP contribution in [0.5, 0.6) is 0 Å². The topological polar surface area (TPSA) is 95.1 Å². The van der Waals surface area contributed by atoms with Gasteiger partial charge in [-0.2, -0.15) is 0 Å². The molecule has 2 N–H and O–H groups in total. The summed E-state index contributed by atoms with van der Waals surface area (Å²) in [4.78, 5) is 24.2. The lowest BCUT2D eigenvalue weighted by molar-refractivity contribution is -0.161. The van der Waals surface area contributed by atoms with Gasteiger partial charge in [0, 0.05) is 19.0 Å². The molecule has 0 radical (unpaired) electrons. The molecule has 1 aliphatic carbocycles. The van der Waals surface area contributed by atoms with Gasteiger partial charge in [0.15, 0.2) is 0 Å². The number of ether oxygens (including phenoxy) is 4. The van der Waals surface area contributed by atoms with Gasteiger partial charge in [0.1, 0.15) is 5.60 Å². The van der Waals surface area contributed by atoms with Gasteiger partial charge in [-0.15, -0.1) is 0 Å². The number of likely N-dealkylation sites (N-methyl/N-ethyl adjacent to an activating group) is 1. The van der Waals surface area contributed by atoms with E-state index in [4.69, 9.17) is 18.9 Å². The van der Waals surface area contributed by atoms with Crippen LogP contribution < -0.4 is 10.6 Å². The number of nitrogens with one attached hydrogen (secondary N) is 2. The minimum atomic E-state index is -0.451. The molecule has 0 aromatic carbocycles. The second kappa shape index (κ2) is 14.7. The van der Waals surface area contributed by atoms with Gasteiger partial charge in [-0.3, -0.25) is 9.59 Å². The Morgan fingerprint density at radius 1 is 0.862 bits per heavy atom. The maximum Gasteiger partial charge on any atom is 0.309 e. The Kier molecular flexibility index (Phi) is 13.1. The summed E-state index contributed by atoms with van der Waals surface area (Å²) in [5, 5.41) is 6.04. The first kappa shape index (κ1) is 25.8. The van der Waals surface area contributed by atoms with Crippen LogP contribution >= 0.6 is 0 Å². The minimum absolute atomic E-state index is 0.00966. The van der Waals surface area contributed by atoms with Crippen molar-refractivity contribution in [2.24, 2.45) is 5.92 Å². The van der Waals surface area contributed by atoms with Crippen LogP contribution in [0.25, 0.3) is 0 Å². The summed E-state index contributed by atoms with van der Waals surface area (Å²) in [6, 6.07) is 0.132. The van der Waals surface area contributed by atoms with E-state index in [2.05, 4.69) is 10.6 Å². The molecule has 1 fully saturated rings. The molecule has 170 valence electrons. The van der Waals surface area contributed by atoms with E-state index in [1.807, 2.05) is 27.8 Å². The molecule has 1 rings (SSSR count). The molecule has 0 saturated heterocycles. The van der Waals surface area contributed by atoms with Gasteiger partial charge in [0.25, 0.3) is 0 Å². The van der Waals surface area contributed by atoms with Crippen molar-refractivity contribution in [3.63, 3.8) is 0 Å². The summed E-state index contributed by atoms with van der Waals surface area (Å²) < 4.78 is 21.6. The monoisotopic (exact) mass is 416 g/mol. The summed E-state index contributed by atoms with van der Waals surface area (Å²) in [5.41, 5.74) is -0.451. The Morgan fingerprint density at radius 3 is 1.97 bits per heavy atom. The number of rotatable bonds is 14. The van der Waals surface area contributed by atoms with E-state index >= 15 is 0 Å². The zero-order chi connectivity index (χ0) is 21.5. The summed E-state index contributed by atoms with van der Waals surface area (Å²) >= 11 is 0. The lowest BCUT2D eigenvalue weighted by Crippen LogP contribution is -2.40. The average molecular weight is 417 g/mol. The predicted octanol–water partition coefficient (Wildman–Crippen LogP) is 1.66. The smallest absolute Gasteiger partial charge is 0.309 e. The largest absolute Gasteiger partial charge is 0.460 e. The van der Waals surface area contributed by atoms with Crippen LogP contribution in [0.4, 0.5) is 0 Å². The van der Waals surface area contributed by atoms with E-state index in [0.717, 1.165) is 32.2 Å². The third-order valence-electron chi connectivity index (χ3n) is 4.55. The number of esters is 1. The quantitative estimate of drug-likeness (QED) is 0.328. The van der Waals surface area contributed by atoms with E-state index in [-0.39, 0.29) is 23.8 Å². The highest BCUT2D eigenvalue weighted by Gasteiger charge is 2.30. The van der Waals surface area contributed by atoms with Gasteiger partial charge in [0.05, 0.1) is 45.6 Å². The molecule has 0 spiro atoms. The fourth-order valence-electron chi connectivity index (χ4n) is 3.04. The molecule has 0 atom stereocenters. The highest BCUT2D eigenvalue weighted by atomic mass is 16.6. The molecule has 1 saturated carbocycles. The predicted molar refractivity (Wildman–Crippen MR) is 111 cm³/mol. The molecular weight excluding hydrogens is 376 g/mol. The molecule has 0 unspecified atom stereocenters. The Morgan fingerprint density at radius 2 is 1.41 bits per heavy atom. The van der Waals surface area contributed by atoms with Crippen LogP contribution in [-0.4, -0.2) is 76.8 Å². The van der Waals surface area contributed by atoms with E-state index in [0.29, 0.717) is 46.1 Å². The third-order valence-corrected chi connectivity index (χ3v) is 4.55. The first-order valence-electron chi connectivity index (χ1n) is 10.7. The molecule has 0 aliphatic heterocycles. The van der Waals surface area contributed by atoms with Crippen molar-refractivity contribution in [3.8, 4) is 0 Å². The van der Waals surface area contributed by atoms with Crippen molar-refractivity contribution >= 4 is 11.9 Å². The van der Waals surface area contributed by atoms with E-state index in [1.54, 1.807) is 0 Å². The van der Waals surface area contributed by atoms with Gasteiger partial charge in [-0.1, -0.05) is 0 Å². The SMILES string of the molecule is CNCCOCCOCCOCCC(=O)NC1CCC(C(=O)OC(C)(C)C)CC1. The van der Waals surface area contributed by atoms with Crippen molar-refractivity contribution in [2.75, 3.05) is 53.2 Å². The van der Waals surface area contributed by atoms with Crippen LogP contribution in [0, 0.1) is 5.92 Å². The van der Waals surface area contributed by atoms with E-state index < -0.39 is 5.60 Å². The Bertz CT molecular complexity index is 459. The van der Waals surface area contributed by atoms with Gasteiger partial charge in [0.2, 0.25) is 5.91 Å². The third kappa shape index (κ3) is 13.6. The molecule has 0 aromatic heterocycles. The standard InChI is InChI=1S/C21H40N2O6/c1-21(2,3)29-20(25)17-5-7-18(8-6-17)23-19(24)9-11-26-13-15-28-16-14-27-12-10-22-4/h17-18,22H,5-16H2,1-4H3,(H,23,24). The number of amides is 1. The molecule has 0 heterocycles. The second-order valence-corrected chi connectivity index (χ2v) is 8.34. The zero-order valence-corrected chi connectivity index (χ0v) is 18.6. The Labute approximate surface area is 175 Å². The number of carbonyl (C=O) groups excluding carboxylic acids is 2. The molecular formula is C21H40N2O6. The van der Waals surface area contributed by atoms with Gasteiger partial charge in [-0.05, 0) is 53.5 Å². The van der Waals surface area contributed by atoms with Crippen molar-refractivity contribution < 1.29 is 28.5 Å². The molecule has 8 heteroatoms. The van der Waals surface area contributed by atoms with Crippen LogP contribution in [0.1, 0.15) is 52.9 Å². The summed E-state index contributed by atoms with van der Waals surface area (Å²) in [6.07, 6.45) is 3.46. The van der Waals surface area contributed by atoms with Crippen molar-refractivity contribution in [1.29, 1.82) is 0 Å². The van der Waals surface area contributed by atoms with Crippen molar-refractivity contribution in [1.82, 2.24) is 10.6 Å². The molecule has 8 nitrogen and oxygen atoms in total. The maximum atomic E-state index is 12.1. The molecule has 0 aromatic rings. The molecule has 29 heavy (non-hydrogen) atoms. The van der Waals surface area contributed by atoms with Crippen molar-refractivity contribution in [3.05, 3.63) is 0 Å². The summed E-state index contributed by atoms with van der Waals surface area (Å²) in [5.74, 6) is -0.189. The minimum Gasteiger partial charge on any atom is -0.460 e. The summed E-state index contributed by atoms with van der Waals surface area (Å²) in [6.45, 7) is 9.59.